The number of hydrogen-bond donors (Lipinski definition) is 1. The van der Waals surface area contributed by atoms with Crippen molar-refractivity contribution in [1.29, 1.82) is 0 Å². The third kappa shape index (κ3) is 4.66. The molecule has 2 amide bonds. The van der Waals surface area contributed by atoms with E-state index in [0.29, 0.717) is 25.0 Å². The average Bonchev–Trinajstić information content (AvgIpc) is 3.36. The van der Waals surface area contributed by atoms with Crippen LogP contribution in [0, 0.1) is 0 Å². The van der Waals surface area contributed by atoms with E-state index >= 15 is 0 Å². The Morgan fingerprint density at radius 2 is 1.84 bits per heavy atom. The van der Waals surface area contributed by atoms with Crippen LogP contribution < -0.4 is 0 Å². The number of nitrogens with zero attached hydrogens (tertiary/aromatic N) is 4. The maximum absolute atomic E-state index is 13.2. The molecule has 4 rings (SSSR count). The summed E-state index contributed by atoms with van der Waals surface area (Å²) in [5.41, 5.74) is -3.14. The van der Waals surface area contributed by atoms with Crippen molar-refractivity contribution in [2.45, 2.75) is 37.4 Å². The number of amides is 2. The molecule has 0 radical (unpaired) electrons. The fraction of sp³-hybridized carbons (Fsp3) is 0.526. The van der Waals surface area contributed by atoms with Crippen molar-refractivity contribution in [3.8, 4) is 0 Å². The van der Waals surface area contributed by atoms with E-state index in [-0.39, 0.29) is 36.7 Å². The second-order valence-corrected chi connectivity index (χ2v) is 7.79. The highest BCUT2D eigenvalue weighted by atomic mass is 19.4. The summed E-state index contributed by atoms with van der Waals surface area (Å²) in [6, 6.07) is 1.27. The van der Waals surface area contributed by atoms with Gasteiger partial charge in [-0.15, -0.1) is 0 Å². The van der Waals surface area contributed by atoms with E-state index in [9.17, 15) is 31.1 Å². The lowest BCUT2D eigenvalue weighted by Crippen LogP contribution is -2.58. The fourth-order valence-electron chi connectivity index (χ4n) is 3.82. The maximum Gasteiger partial charge on any atom is 0.416 e. The number of rotatable bonds is 4. The zero-order chi connectivity index (χ0) is 23.1. The van der Waals surface area contributed by atoms with Crippen LogP contribution in [0.3, 0.4) is 0 Å². The van der Waals surface area contributed by atoms with Crippen LogP contribution in [0.1, 0.15) is 34.9 Å². The van der Waals surface area contributed by atoms with Gasteiger partial charge in [0.1, 0.15) is 12.2 Å². The standard InChI is InChI=1S/C19H19F6N5O2/c20-18(21,22)13-2-1-12(15(5-13)19(23,24)25)9-32-14-7-30(8-14)17(31)29-4-3-11(6-29)16-26-10-27-28-16/h1-2,5,10-11,14H,3-4,6-9H2,(H,26,27,28). The molecule has 32 heavy (non-hydrogen) atoms. The van der Waals surface area contributed by atoms with Gasteiger partial charge in [0.2, 0.25) is 0 Å². The summed E-state index contributed by atoms with van der Waals surface area (Å²) in [5.74, 6) is 0.775. The Labute approximate surface area is 178 Å². The van der Waals surface area contributed by atoms with Gasteiger partial charge in [-0.2, -0.15) is 31.4 Å². The van der Waals surface area contributed by atoms with Gasteiger partial charge in [-0.1, -0.05) is 6.07 Å². The number of H-pyrrole nitrogens is 1. The molecule has 13 heteroatoms. The minimum absolute atomic E-state index is 0.0650. The second-order valence-electron chi connectivity index (χ2n) is 7.79. The van der Waals surface area contributed by atoms with Gasteiger partial charge in [0.15, 0.2) is 0 Å². The van der Waals surface area contributed by atoms with E-state index in [0.717, 1.165) is 12.5 Å². The molecule has 2 aliphatic rings. The predicted octanol–water partition coefficient (Wildman–Crippen LogP) is 3.65. The van der Waals surface area contributed by atoms with Gasteiger partial charge >= 0.3 is 18.4 Å². The van der Waals surface area contributed by atoms with Crippen LogP contribution in [-0.2, 0) is 23.7 Å². The van der Waals surface area contributed by atoms with E-state index < -0.39 is 36.2 Å². The van der Waals surface area contributed by atoms with Crippen LogP contribution in [0.25, 0.3) is 0 Å². The number of halogens is 6. The first-order valence-electron chi connectivity index (χ1n) is 9.80. The zero-order valence-corrected chi connectivity index (χ0v) is 16.6. The number of urea groups is 1. The molecule has 1 N–H and O–H groups in total. The zero-order valence-electron chi connectivity index (χ0n) is 16.6. The largest absolute Gasteiger partial charge is 0.416 e. The molecule has 0 aliphatic carbocycles. The van der Waals surface area contributed by atoms with E-state index in [4.69, 9.17) is 4.74 Å². The highest BCUT2D eigenvalue weighted by Gasteiger charge is 2.40. The number of carbonyl (C=O) groups excluding carboxylic acids is 1. The Balaban J connectivity index is 1.30. The summed E-state index contributed by atoms with van der Waals surface area (Å²) in [6.07, 6.45) is -8.18. The third-order valence-corrected chi connectivity index (χ3v) is 5.61. The summed E-state index contributed by atoms with van der Waals surface area (Å²) in [5, 5.41) is 6.59. The molecule has 1 unspecified atom stereocenters. The number of alkyl halides is 6. The number of nitrogens with one attached hydrogen (secondary N) is 1. The third-order valence-electron chi connectivity index (χ3n) is 5.61. The summed E-state index contributed by atoms with van der Waals surface area (Å²) < 4.78 is 83.4. The van der Waals surface area contributed by atoms with Crippen molar-refractivity contribution in [1.82, 2.24) is 25.0 Å². The summed E-state index contributed by atoms with van der Waals surface area (Å²) >= 11 is 0. The number of aromatic nitrogens is 3. The molecule has 0 spiro atoms. The highest BCUT2D eigenvalue weighted by molar-refractivity contribution is 5.75. The minimum atomic E-state index is -4.95. The molecule has 2 fully saturated rings. The van der Waals surface area contributed by atoms with Crippen molar-refractivity contribution in [3.05, 3.63) is 47.0 Å². The Bertz CT molecular complexity index is 956. The van der Waals surface area contributed by atoms with Gasteiger partial charge < -0.3 is 14.5 Å². The molecule has 1 atom stereocenters. The first kappa shape index (κ1) is 22.4. The smallest absolute Gasteiger partial charge is 0.370 e. The van der Waals surface area contributed by atoms with Gasteiger partial charge in [0.25, 0.3) is 0 Å². The van der Waals surface area contributed by atoms with E-state index in [1.807, 2.05) is 0 Å². The Hall–Kier alpha value is -2.83. The molecule has 2 aromatic rings. The molecule has 1 aromatic heterocycles. The number of likely N-dealkylation sites (tertiary alicyclic amines) is 2. The first-order valence-corrected chi connectivity index (χ1v) is 9.80. The molecule has 1 aromatic carbocycles. The molecule has 0 bridgehead atoms. The lowest BCUT2D eigenvalue weighted by molar-refractivity contribution is -0.144. The first-order chi connectivity index (χ1) is 15.0. The van der Waals surface area contributed by atoms with Crippen LogP contribution in [0.15, 0.2) is 24.5 Å². The van der Waals surface area contributed by atoms with E-state index in [1.165, 1.54) is 11.2 Å². The minimum Gasteiger partial charge on any atom is -0.370 e. The molecular weight excluding hydrogens is 444 g/mol. The van der Waals surface area contributed by atoms with Crippen LogP contribution in [0.5, 0.6) is 0 Å². The van der Waals surface area contributed by atoms with Crippen molar-refractivity contribution in [2.24, 2.45) is 0 Å². The molecule has 2 aliphatic heterocycles. The molecule has 174 valence electrons. The van der Waals surface area contributed by atoms with Crippen molar-refractivity contribution in [2.75, 3.05) is 26.2 Å². The molecular formula is C19H19F6N5O2. The number of ether oxygens (including phenoxy) is 1. The Kier molecular flexibility index (Phi) is 5.77. The predicted molar refractivity (Wildman–Crippen MR) is 97.3 cm³/mol. The lowest BCUT2D eigenvalue weighted by atomic mass is 10.0. The summed E-state index contributed by atoms with van der Waals surface area (Å²) in [7, 11) is 0. The number of hydrogen-bond acceptors (Lipinski definition) is 4. The summed E-state index contributed by atoms with van der Waals surface area (Å²) in [6.45, 7) is 0.925. The van der Waals surface area contributed by atoms with Crippen molar-refractivity contribution < 1.29 is 35.9 Å². The molecule has 2 saturated heterocycles. The van der Waals surface area contributed by atoms with Crippen LogP contribution in [0.2, 0.25) is 0 Å². The van der Waals surface area contributed by atoms with Gasteiger partial charge in [0, 0.05) is 19.0 Å². The van der Waals surface area contributed by atoms with Gasteiger partial charge in [-0.3, -0.25) is 5.10 Å². The van der Waals surface area contributed by atoms with E-state index in [2.05, 4.69) is 15.2 Å². The molecule has 7 nitrogen and oxygen atoms in total. The topological polar surface area (TPSA) is 74.3 Å². The second kappa shape index (κ2) is 8.26. The SMILES string of the molecule is O=C(N1CC(OCc2ccc(C(F)(F)F)cc2C(F)(F)F)C1)N1CCC(c2ncn[nH]2)C1. The number of carbonyl (C=O) groups is 1. The lowest BCUT2D eigenvalue weighted by Gasteiger charge is -2.40. The highest BCUT2D eigenvalue weighted by Crippen LogP contribution is 2.38. The normalized spacial score (nSPS) is 20.0. The molecule has 3 heterocycles. The average molecular weight is 463 g/mol. The van der Waals surface area contributed by atoms with E-state index in [1.54, 1.807) is 4.90 Å². The Morgan fingerprint density at radius 3 is 2.47 bits per heavy atom. The van der Waals surface area contributed by atoms with Crippen LogP contribution in [-0.4, -0.2) is 63.3 Å². The Morgan fingerprint density at radius 1 is 1.09 bits per heavy atom. The van der Waals surface area contributed by atoms with Crippen LogP contribution >= 0.6 is 0 Å². The summed E-state index contributed by atoms with van der Waals surface area (Å²) in [4.78, 5) is 19.9. The monoisotopic (exact) mass is 463 g/mol. The van der Waals surface area contributed by atoms with Gasteiger partial charge in [-0.25, -0.2) is 9.78 Å². The quantitative estimate of drug-likeness (QED) is 0.703. The van der Waals surface area contributed by atoms with Gasteiger partial charge in [0.05, 0.1) is 36.9 Å². The number of aromatic amines is 1. The number of benzene rings is 1. The maximum atomic E-state index is 13.2. The van der Waals surface area contributed by atoms with Crippen molar-refractivity contribution >= 4 is 6.03 Å². The fourth-order valence-corrected chi connectivity index (χ4v) is 3.82. The van der Waals surface area contributed by atoms with Crippen molar-refractivity contribution in [3.63, 3.8) is 0 Å². The molecule has 0 saturated carbocycles. The van der Waals surface area contributed by atoms with Gasteiger partial charge in [-0.05, 0) is 24.1 Å². The van der Waals surface area contributed by atoms with Crippen LogP contribution in [0.4, 0.5) is 31.1 Å².